The molecule has 1 aromatic heterocycles. The average molecular weight is 275 g/mol. The fourth-order valence-corrected chi connectivity index (χ4v) is 2.18. The molecule has 0 aliphatic heterocycles. The summed E-state index contributed by atoms with van der Waals surface area (Å²) in [6.45, 7) is 1.91. The van der Waals surface area contributed by atoms with Gasteiger partial charge in [-0.1, -0.05) is 6.07 Å². The minimum absolute atomic E-state index is 0.557. The first-order valence-electron chi connectivity index (χ1n) is 6.50. The van der Waals surface area contributed by atoms with Crippen molar-refractivity contribution in [1.82, 2.24) is 4.98 Å². The molecule has 2 N–H and O–H groups in total. The maximum Gasteiger partial charge on any atom is 0.138 e. The number of ether oxygens (including phenoxy) is 1. The molecule has 4 nitrogen and oxygen atoms in total. The predicted octanol–water partition coefficient (Wildman–Crippen LogP) is 3.79. The second-order valence-electron chi connectivity index (χ2n) is 4.78. The van der Waals surface area contributed by atoms with Gasteiger partial charge in [-0.2, -0.15) is 5.26 Å². The van der Waals surface area contributed by atoms with E-state index in [9.17, 15) is 0 Å². The second-order valence-corrected chi connectivity index (χ2v) is 4.78. The van der Waals surface area contributed by atoms with Crippen molar-refractivity contribution in [3.8, 4) is 17.6 Å². The van der Waals surface area contributed by atoms with Crippen LogP contribution >= 0.6 is 0 Å². The highest BCUT2D eigenvalue weighted by Gasteiger charge is 2.07. The number of aryl methyl sites for hydroxylation is 1. The van der Waals surface area contributed by atoms with Crippen LogP contribution < -0.4 is 10.5 Å². The molecule has 4 heteroatoms. The number of rotatable bonds is 2. The molecule has 0 unspecified atom stereocenters. The van der Waals surface area contributed by atoms with Crippen molar-refractivity contribution >= 4 is 16.6 Å². The van der Waals surface area contributed by atoms with Gasteiger partial charge in [-0.15, -0.1) is 0 Å². The molecule has 102 valence electrons. The predicted molar refractivity (Wildman–Crippen MR) is 82.1 cm³/mol. The number of nitrogens with two attached hydrogens (primary N) is 1. The topological polar surface area (TPSA) is 71.9 Å². The van der Waals surface area contributed by atoms with Crippen molar-refractivity contribution in [3.63, 3.8) is 0 Å². The van der Waals surface area contributed by atoms with Crippen molar-refractivity contribution in [2.24, 2.45) is 0 Å². The van der Waals surface area contributed by atoms with Gasteiger partial charge in [0.2, 0.25) is 0 Å². The Labute approximate surface area is 122 Å². The lowest BCUT2D eigenvalue weighted by atomic mass is 10.1. The summed E-state index contributed by atoms with van der Waals surface area (Å²) < 4.78 is 5.92. The van der Waals surface area contributed by atoms with Crippen molar-refractivity contribution in [1.29, 1.82) is 5.26 Å². The van der Waals surface area contributed by atoms with E-state index in [1.54, 1.807) is 18.2 Å². The highest BCUT2D eigenvalue weighted by molar-refractivity contribution is 5.88. The molecule has 0 aliphatic rings. The van der Waals surface area contributed by atoms with Gasteiger partial charge in [0.05, 0.1) is 17.1 Å². The lowest BCUT2D eigenvalue weighted by molar-refractivity contribution is 0.487. The monoisotopic (exact) mass is 275 g/mol. The van der Waals surface area contributed by atoms with Gasteiger partial charge in [-0.3, -0.25) is 4.98 Å². The van der Waals surface area contributed by atoms with Gasteiger partial charge < -0.3 is 10.5 Å². The van der Waals surface area contributed by atoms with Gasteiger partial charge in [0.25, 0.3) is 0 Å². The average Bonchev–Trinajstić information content (AvgIpc) is 2.48. The fraction of sp³-hybridized carbons (Fsp3) is 0.0588. The van der Waals surface area contributed by atoms with Crippen LogP contribution in [0.25, 0.3) is 10.9 Å². The van der Waals surface area contributed by atoms with E-state index in [-0.39, 0.29) is 0 Å². The van der Waals surface area contributed by atoms with Gasteiger partial charge in [0.1, 0.15) is 11.5 Å². The first-order chi connectivity index (χ1) is 10.2. The third kappa shape index (κ3) is 2.63. The van der Waals surface area contributed by atoms with Crippen LogP contribution in [0.3, 0.4) is 0 Å². The van der Waals surface area contributed by atoms with E-state index in [0.717, 1.165) is 16.6 Å². The minimum atomic E-state index is 0.557. The molecular formula is C17H13N3O. The quantitative estimate of drug-likeness (QED) is 0.722. The van der Waals surface area contributed by atoms with Crippen LogP contribution in [-0.4, -0.2) is 4.98 Å². The van der Waals surface area contributed by atoms with Gasteiger partial charge in [-0.05, 0) is 43.3 Å². The van der Waals surface area contributed by atoms with E-state index in [4.69, 9.17) is 15.7 Å². The van der Waals surface area contributed by atoms with Crippen LogP contribution in [0.5, 0.6) is 11.5 Å². The molecule has 1 heterocycles. The smallest absolute Gasteiger partial charge is 0.138 e. The molecule has 21 heavy (non-hydrogen) atoms. The largest absolute Gasteiger partial charge is 0.457 e. The van der Waals surface area contributed by atoms with Crippen molar-refractivity contribution in [2.75, 3.05) is 5.73 Å². The first kappa shape index (κ1) is 12.9. The Bertz CT molecular complexity index is 866. The van der Waals surface area contributed by atoms with E-state index in [0.29, 0.717) is 22.7 Å². The van der Waals surface area contributed by atoms with Crippen molar-refractivity contribution in [3.05, 3.63) is 59.8 Å². The molecule has 0 saturated heterocycles. The number of fused-ring (bicyclic) bond motifs is 1. The first-order valence-corrected chi connectivity index (χ1v) is 6.50. The van der Waals surface area contributed by atoms with E-state index in [1.807, 2.05) is 37.3 Å². The SMILES string of the molecule is Cc1cc(Oc2cccc(C#N)c2)c2cc(N)ccc2n1. The van der Waals surface area contributed by atoms with E-state index < -0.39 is 0 Å². The molecule has 2 aromatic carbocycles. The summed E-state index contributed by atoms with van der Waals surface area (Å²) in [6, 6.07) is 16.5. The number of hydrogen-bond acceptors (Lipinski definition) is 4. The minimum Gasteiger partial charge on any atom is -0.457 e. The lowest BCUT2D eigenvalue weighted by Gasteiger charge is -2.10. The van der Waals surface area contributed by atoms with E-state index in [1.165, 1.54) is 0 Å². The van der Waals surface area contributed by atoms with Gasteiger partial charge in [0, 0.05) is 22.8 Å². The third-order valence-corrected chi connectivity index (χ3v) is 3.11. The Morgan fingerprint density at radius 3 is 2.81 bits per heavy atom. The van der Waals surface area contributed by atoms with Crippen LogP contribution in [0.4, 0.5) is 5.69 Å². The van der Waals surface area contributed by atoms with Gasteiger partial charge >= 0.3 is 0 Å². The Kier molecular flexibility index (Phi) is 3.17. The zero-order valence-electron chi connectivity index (χ0n) is 11.5. The molecule has 0 radical (unpaired) electrons. The second kappa shape index (κ2) is 5.14. The summed E-state index contributed by atoms with van der Waals surface area (Å²) in [6.07, 6.45) is 0. The summed E-state index contributed by atoms with van der Waals surface area (Å²) in [7, 11) is 0. The molecule has 0 atom stereocenters. The lowest BCUT2D eigenvalue weighted by Crippen LogP contribution is -1.92. The standard InChI is InChI=1S/C17H13N3O/c1-11-7-17(15-9-13(19)5-6-16(15)20-11)21-14-4-2-3-12(8-14)10-18/h2-9H,19H2,1H3. The van der Waals surface area contributed by atoms with Crippen molar-refractivity contribution in [2.45, 2.75) is 6.92 Å². The number of nitriles is 1. The summed E-state index contributed by atoms with van der Waals surface area (Å²) in [5.41, 5.74) is 8.75. The zero-order chi connectivity index (χ0) is 14.8. The summed E-state index contributed by atoms with van der Waals surface area (Å²) >= 11 is 0. The number of anilines is 1. The van der Waals surface area contributed by atoms with E-state index >= 15 is 0 Å². The third-order valence-electron chi connectivity index (χ3n) is 3.11. The molecule has 0 aliphatic carbocycles. The Morgan fingerprint density at radius 1 is 1.14 bits per heavy atom. The van der Waals surface area contributed by atoms with E-state index in [2.05, 4.69) is 11.1 Å². The van der Waals surface area contributed by atoms with Crippen LogP contribution in [0.15, 0.2) is 48.5 Å². The van der Waals surface area contributed by atoms with Gasteiger partial charge in [-0.25, -0.2) is 0 Å². The highest BCUT2D eigenvalue weighted by atomic mass is 16.5. The number of nitrogen functional groups attached to an aromatic ring is 1. The maximum atomic E-state index is 8.95. The van der Waals surface area contributed by atoms with Gasteiger partial charge in [0.15, 0.2) is 0 Å². The Balaban J connectivity index is 2.11. The molecule has 0 spiro atoms. The Hall–Kier alpha value is -3.06. The number of nitrogens with zero attached hydrogens (tertiary/aromatic N) is 2. The van der Waals surface area contributed by atoms with Crippen LogP contribution in [-0.2, 0) is 0 Å². The number of pyridine rings is 1. The summed E-state index contributed by atoms with van der Waals surface area (Å²) in [5.74, 6) is 1.29. The fourth-order valence-electron chi connectivity index (χ4n) is 2.18. The van der Waals surface area contributed by atoms with Crippen LogP contribution in [0.1, 0.15) is 11.3 Å². The normalized spacial score (nSPS) is 10.3. The summed E-state index contributed by atoms with van der Waals surface area (Å²) in [4.78, 5) is 4.46. The number of aromatic nitrogens is 1. The molecule has 3 aromatic rings. The molecule has 0 bridgehead atoms. The summed E-state index contributed by atoms with van der Waals surface area (Å²) in [5, 5.41) is 9.80. The van der Waals surface area contributed by atoms with Crippen LogP contribution in [0.2, 0.25) is 0 Å². The molecule has 3 rings (SSSR count). The van der Waals surface area contributed by atoms with Crippen molar-refractivity contribution < 1.29 is 4.74 Å². The zero-order valence-corrected chi connectivity index (χ0v) is 11.5. The molecule has 0 fully saturated rings. The maximum absolute atomic E-state index is 8.95. The molecule has 0 saturated carbocycles. The Morgan fingerprint density at radius 2 is 2.00 bits per heavy atom. The highest BCUT2D eigenvalue weighted by Crippen LogP contribution is 2.31. The molecular weight excluding hydrogens is 262 g/mol. The molecule has 0 amide bonds. The number of hydrogen-bond donors (Lipinski definition) is 1. The van der Waals surface area contributed by atoms with Crippen LogP contribution in [0, 0.1) is 18.3 Å². The number of benzene rings is 2.